The highest BCUT2D eigenvalue weighted by atomic mass is 32.1. The average molecular weight is 587 g/mol. The summed E-state index contributed by atoms with van der Waals surface area (Å²) in [4.78, 5) is 44.0. The number of rotatable bonds is 7. The van der Waals surface area contributed by atoms with E-state index in [1.54, 1.807) is 81.4 Å². The summed E-state index contributed by atoms with van der Waals surface area (Å²) in [5.41, 5.74) is 2.30. The number of benzene rings is 2. The van der Waals surface area contributed by atoms with E-state index in [1.165, 1.54) is 15.9 Å². The molecular formula is C31H26N2O8S. The average Bonchev–Trinajstić information content (AvgIpc) is 3.72. The van der Waals surface area contributed by atoms with Crippen LogP contribution in [0.2, 0.25) is 0 Å². The molecule has 0 N–H and O–H groups in total. The number of esters is 2. The Balaban J connectivity index is 1.40. The second-order valence-corrected chi connectivity index (χ2v) is 10.4. The van der Waals surface area contributed by atoms with Crippen LogP contribution in [0.5, 0.6) is 11.5 Å². The highest BCUT2D eigenvalue weighted by molar-refractivity contribution is 7.07. The largest absolute Gasteiger partial charge is 0.463 e. The van der Waals surface area contributed by atoms with Gasteiger partial charge in [0, 0.05) is 11.6 Å². The molecule has 0 saturated heterocycles. The SMILES string of the molecule is CCOC(=O)C1=C(C)N=c2s/c(=C\c3ccc(-c4ccc(C(=O)OCC)cc4)o3)c(=O)n2C1c1ccc2c(c1)OCO2. The molecule has 0 spiro atoms. The fourth-order valence-electron chi connectivity index (χ4n) is 4.89. The normalized spacial score (nSPS) is 15.8. The van der Waals surface area contributed by atoms with Gasteiger partial charge in [0.1, 0.15) is 11.5 Å². The lowest BCUT2D eigenvalue weighted by Crippen LogP contribution is -2.39. The Kier molecular flexibility index (Phi) is 7.26. The highest BCUT2D eigenvalue weighted by Crippen LogP contribution is 2.38. The van der Waals surface area contributed by atoms with Gasteiger partial charge in [-0.2, -0.15) is 0 Å². The fraction of sp³-hybridized carbons (Fsp3) is 0.226. The molecule has 2 aliphatic rings. The molecule has 0 radical (unpaired) electrons. The zero-order valence-electron chi connectivity index (χ0n) is 23.0. The molecule has 1 unspecified atom stereocenters. The lowest BCUT2D eigenvalue weighted by Gasteiger charge is -2.24. The number of hydrogen-bond acceptors (Lipinski definition) is 10. The third kappa shape index (κ3) is 4.92. The topological polar surface area (TPSA) is 119 Å². The summed E-state index contributed by atoms with van der Waals surface area (Å²) in [6, 6.07) is 15.0. The molecule has 2 aromatic carbocycles. The predicted octanol–water partition coefficient (Wildman–Crippen LogP) is 3.96. The van der Waals surface area contributed by atoms with Gasteiger partial charge in [0.05, 0.1) is 40.6 Å². The number of carbonyl (C=O) groups excluding carboxylic acids is 2. The summed E-state index contributed by atoms with van der Waals surface area (Å²) in [5.74, 6) is 1.23. The molecule has 2 aromatic heterocycles. The van der Waals surface area contributed by atoms with Crippen molar-refractivity contribution >= 4 is 29.4 Å². The van der Waals surface area contributed by atoms with Crippen LogP contribution in [0.15, 0.2) is 80.1 Å². The van der Waals surface area contributed by atoms with Crippen molar-refractivity contribution in [3.8, 4) is 22.8 Å². The Labute approximate surface area is 243 Å². The maximum absolute atomic E-state index is 13.9. The summed E-state index contributed by atoms with van der Waals surface area (Å²) >= 11 is 1.20. The number of aromatic nitrogens is 1. The van der Waals surface area contributed by atoms with Gasteiger partial charge in [0.15, 0.2) is 16.3 Å². The van der Waals surface area contributed by atoms with E-state index in [0.29, 0.717) is 55.8 Å². The first-order chi connectivity index (χ1) is 20.4. The van der Waals surface area contributed by atoms with Gasteiger partial charge in [-0.3, -0.25) is 9.36 Å². The zero-order chi connectivity index (χ0) is 29.4. The van der Waals surface area contributed by atoms with Crippen LogP contribution in [-0.4, -0.2) is 36.5 Å². The number of nitrogens with zero attached hydrogens (tertiary/aromatic N) is 2. The molecule has 10 nitrogen and oxygen atoms in total. The van der Waals surface area contributed by atoms with Crippen LogP contribution in [0.3, 0.4) is 0 Å². The van der Waals surface area contributed by atoms with Crippen molar-refractivity contribution in [2.45, 2.75) is 26.8 Å². The molecule has 0 fully saturated rings. The molecule has 0 aliphatic carbocycles. The molecular weight excluding hydrogens is 560 g/mol. The molecule has 1 atom stereocenters. The van der Waals surface area contributed by atoms with E-state index in [4.69, 9.17) is 23.4 Å². The number of hydrogen-bond donors (Lipinski definition) is 0. The molecule has 0 saturated carbocycles. The number of ether oxygens (including phenoxy) is 4. The van der Waals surface area contributed by atoms with Crippen LogP contribution in [0.4, 0.5) is 0 Å². The number of carbonyl (C=O) groups is 2. The molecule has 214 valence electrons. The van der Waals surface area contributed by atoms with Crippen LogP contribution in [-0.2, 0) is 14.3 Å². The third-order valence-electron chi connectivity index (χ3n) is 6.81. The minimum Gasteiger partial charge on any atom is -0.463 e. The summed E-state index contributed by atoms with van der Waals surface area (Å²) in [7, 11) is 0. The Bertz CT molecular complexity index is 1910. The first-order valence-corrected chi connectivity index (χ1v) is 14.2. The lowest BCUT2D eigenvalue weighted by atomic mass is 9.95. The molecule has 6 rings (SSSR count). The first-order valence-electron chi connectivity index (χ1n) is 13.3. The minimum absolute atomic E-state index is 0.0990. The van der Waals surface area contributed by atoms with E-state index in [1.807, 2.05) is 0 Å². The van der Waals surface area contributed by atoms with Crippen molar-refractivity contribution < 1.29 is 33.0 Å². The van der Waals surface area contributed by atoms with Gasteiger partial charge in [0.25, 0.3) is 5.56 Å². The molecule has 42 heavy (non-hydrogen) atoms. The summed E-state index contributed by atoms with van der Waals surface area (Å²) in [5, 5.41) is 0. The number of thiazole rings is 1. The Hall–Kier alpha value is -4.90. The van der Waals surface area contributed by atoms with Crippen LogP contribution in [0, 0.1) is 0 Å². The van der Waals surface area contributed by atoms with E-state index in [0.717, 1.165) is 5.56 Å². The monoisotopic (exact) mass is 586 g/mol. The van der Waals surface area contributed by atoms with Crippen LogP contribution < -0.4 is 24.4 Å². The molecule has 11 heteroatoms. The maximum Gasteiger partial charge on any atom is 0.338 e. The molecule has 4 aromatic rings. The fourth-order valence-corrected chi connectivity index (χ4v) is 5.92. The van der Waals surface area contributed by atoms with Crippen molar-refractivity contribution in [1.29, 1.82) is 0 Å². The predicted molar refractivity (Wildman–Crippen MR) is 153 cm³/mol. The van der Waals surface area contributed by atoms with Crippen molar-refractivity contribution in [3.05, 3.63) is 102 Å². The van der Waals surface area contributed by atoms with Crippen LogP contribution >= 0.6 is 11.3 Å². The molecule has 0 bridgehead atoms. The van der Waals surface area contributed by atoms with Gasteiger partial charge >= 0.3 is 11.9 Å². The van der Waals surface area contributed by atoms with E-state index in [9.17, 15) is 14.4 Å². The van der Waals surface area contributed by atoms with Gasteiger partial charge in [-0.25, -0.2) is 14.6 Å². The Morgan fingerprint density at radius 3 is 2.50 bits per heavy atom. The molecule has 4 heterocycles. The van der Waals surface area contributed by atoms with E-state index in [-0.39, 0.29) is 30.5 Å². The quantitative estimate of drug-likeness (QED) is 0.299. The zero-order valence-corrected chi connectivity index (χ0v) is 23.9. The number of furan rings is 1. The highest BCUT2D eigenvalue weighted by Gasteiger charge is 2.34. The molecule has 0 amide bonds. The van der Waals surface area contributed by atoms with E-state index < -0.39 is 12.0 Å². The third-order valence-corrected chi connectivity index (χ3v) is 7.79. The summed E-state index contributed by atoms with van der Waals surface area (Å²) in [6.45, 7) is 5.79. The smallest absolute Gasteiger partial charge is 0.338 e. The van der Waals surface area contributed by atoms with Crippen molar-refractivity contribution in [2.75, 3.05) is 20.0 Å². The van der Waals surface area contributed by atoms with Crippen LogP contribution in [0.25, 0.3) is 17.4 Å². The van der Waals surface area contributed by atoms with Crippen molar-refractivity contribution in [1.82, 2.24) is 4.57 Å². The van der Waals surface area contributed by atoms with E-state index in [2.05, 4.69) is 4.99 Å². The molecule has 2 aliphatic heterocycles. The second-order valence-electron chi connectivity index (χ2n) is 9.41. The summed E-state index contributed by atoms with van der Waals surface area (Å²) < 4.78 is 29.3. The number of fused-ring (bicyclic) bond motifs is 2. The lowest BCUT2D eigenvalue weighted by molar-refractivity contribution is -0.139. The second kappa shape index (κ2) is 11.2. The maximum atomic E-state index is 13.9. The van der Waals surface area contributed by atoms with Gasteiger partial charge in [-0.1, -0.05) is 29.5 Å². The van der Waals surface area contributed by atoms with Crippen molar-refractivity contribution in [3.63, 3.8) is 0 Å². The van der Waals surface area contributed by atoms with Gasteiger partial charge in [-0.15, -0.1) is 0 Å². The van der Waals surface area contributed by atoms with Gasteiger partial charge in [-0.05, 0) is 62.7 Å². The minimum atomic E-state index is -0.776. The Morgan fingerprint density at radius 1 is 1.00 bits per heavy atom. The standard InChI is InChI=1S/C31H26N2O8S/c1-4-37-29(35)19-8-6-18(7-9-19)22-13-11-21(41-22)15-25-28(34)33-27(20-10-12-23-24(14-20)40-16-39-23)26(30(36)38-5-2)17(3)32-31(33)42-25/h6-15,27H,4-5,16H2,1-3H3/b25-15-. The van der Waals surface area contributed by atoms with Gasteiger partial charge < -0.3 is 23.4 Å². The van der Waals surface area contributed by atoms with Crippen molar-refractivity contribution in [2.24, 2.45) is 4.99 Å². The Morgan fingerprint density at radius 2 is 1.74 bits per heavy atom. The first kappa shape index (κ1) is 27.3. The summed E-state index contributed by atoms with van der Waals surface area (Å²) in [6.07, 6.45) is 1.65. The van der Waals surface area contributed by atoms with Crippen LogP contribution in [0.1, 0.15) is 48.5 Å². The number of allylic oxidation sites excluding steroid dienone is 1. The van der Waals surface area contributed by atoms with Gasteiger partial charge in [0.2, 0.25) is 6.79 Å². The van der Waals surface area contributed by atoms with E-state index >= 15 is 0 Å².